The van der Waals surface area contributed by atoms with Crippen molar-refractivity contribution in [2.24, 2.45) is 11.8 Å². The molecule has 10 heteroatoms. The highest BCUT2D eigenvalue weighted by atomic mass is 32.1. The van der Waals surface area contributed by atoms with Crippen LogP contribution in [0.1, 0.15) is 48.5 Å². The van der Waals surface area contributed by atoms with Crippen molar-refractivity contribution in [1.82, 2.24) is 14.5 Å². The van der Waals surface area contributed by atoms with Crippen LogP contribution >= 0.6 is 11.3 Å². The minimum absolute atomic E-state index is 0.0376. The third-order valence-electron chi connectivity index (χ3n) is 7.00. The van der Waals surface area contributed by atoms with Gasteiger partial charge in [0.1, 0.15) is 17.2 Å². The van der Waals surface area contributed by atoms with Crippen LogP contribution in [0.15, 0.2) is 28.6 Å². The molecule has 0 aromatic carbocycles. The first-order valence-corrected chi connectivity index (χ1v) is 12.8. The number of aryl methyl sites for hydroxylation is 1. The van der Waals surface area contributed by atoms with Gasteiger partial charge in [-0.25, -0.2) is 14.8 Å². The van der Waals surface area contributed by atoms with Crippen LogP contribution in [0.5, 0.6) is 0 Å². The molecule has 1 N–H and O–H groups in total. The first-order valence-electron chi connectivity index (χ1n) is 11.9. The molecule has 0 amide bonds. The highest BCUT2D eigenvalue weighted by Crippen LogP contribution is 2.30. The number of rotatable bonds is 7. The van der Waals surface area contributed by atoms with Gasteiger partial charge in [0, 0.05) is 43.9 Å². The van der Waals surface area contributed by atoms with Gasteiger partial charge in [-0.1, -0.05) is 6.92 Å². The number of Topliss-reactive ketones (excluding diaryl/α,β-unsaturated/α-hetero) is 1. The van der Waals surface area contributed by atoms with E-state index in [0.717, 1.165) is 25.9 Å². The van der Waals surface area contributed by atoms with Crippen LogP contribution in [-0.2, 0) is 9.53 Å². The van der Waals surface area contributed by atoms with Crippen molar-refractivity contribution >= 4 is 39.9 Å². The number of carbonyl (C=O) groups is 2. The molecule has 0 aliphatic carbocycles. The Hall–Kier alpha value is -3.11. The van der Waals surface area contributed by atoms with Gasteiger partial charge in [-0.15, -0.1) is 11.3 Å². The van der Waals surface area contributed by atoms with E-state index in [2.05, 4.69) is 11.9 Å². The largest absolute Gasteiger partial charge is 0.477 e. The molecule has 0 saturated carbocycles. The van der Waals surface area contributed by atoms with Gasteiger partial charge in [0.05, 0.1) is 17.4 Å². The second kappa shape index (κ2) is 9.50. The van der Waals surface area contributed by atoms with Gasteiger partial charge in [-0.3, -0.25) is 14.2 Å². The van der Waals surface area contributed by atoms with Gasteiger partial charge >= 0.3 is 5.97 Å². The summed E-state index contributed by atoms with van der Waals surface area (Å²) >= 11 is 1.33. The summed E-state index contributed by atoms with van der Waals surface area (Å²) in [5, 5.41) is 12.1. The Bertz CT molecular complexity index is 1330. The predicted octanol–water partition coefficient (Wildman–Crippen LogP) is 3.45. The summed E-state index contributed by atoms with van der Waals surface area (Å²) in [5.41, 5.74) is 0.120. The van der Waals surface area contributed by atoms with Crippen LogP contribution in [0.4, 0.5) is 5.82 Å². The molecule has 35 heavy (non-hydrogen) atoms. The van der Waals surface area contributed by atoms with Crippen molar-refractivity contribution < 1.29 is 19.4 Å². The monoisotopic (exact) mass is 496 g/mol. The van der Waals surface area contributed by atoms with Gasteiger partial charge < -0.3 is 14.7 Å². The molecule has 5 rings (SSSR count). The summed E-state index contributed by atoms with van der Waals surface area (Å²) in [6.07, 6.45) is 6.51. The first kappa shape index (κ1) is 23.6. The van der Waals surface area contributed by atoms with E-state index in [1.54, 1.807) is 29.1 Å². The maximum Gasteiger partial charge on any atom is 0.341 e. The minimum atomic E-state index is -1.29. The number of hydrogen-bond acceptors (Lipinski definition) is 8. The van der Waals surface area contributed by atoms with Crippen molar-refractivity contribution in [2.75, 3.05) is 24.6 Å². The molecule has 0 spiro atoms. The third kappa shape index (κ3) is 4.60. The van der Waals surface area contributed by atoms with E-state index in [9.17, 15) is 19.5 Å². The summed E-state index contributed by atoms with van der Waals surface area (Å²) in [6, 6.07) is 1.79. The molecule has 0 radical (unpaired) electrons. The van der Waals surface area contributed by atoms with E-state index in [4.69, 9.17) is 9.72 Å². The van der Waals surface area contributed by atoms with Gasteiger partial charge in [0.15, 0.2) is 10.8 Å². The van der Waals surface area contributed by atoms with Crippen molar-refractivity contribution in [2.45, 2.75) is 45.6 Å². The molecule has 2 unspecified atom stereocenters. The maximum absolute atomic E-state index is 12.9. The topological polar surface area (TPSA) is 115 Å². The zero-order valence-corrected chi connectivity index (χ0v) is 20.6. The molecule has 2 aliphatic heterocycles. The smallest absolute Gasteiger partial charge is 0.341 e. The van der Waals surface area contributed by atoms with E-state index >= 15 is 0 Å². The molecule has 2 fully saturated rings. The number of aromatic nitrogens is 3. The number of carbonyl (C=O) groups excluding carboxylic acids is 1. The van der Waals surface area contributed by atoms with Crippen molar-refractivity contribution in [1.29, 1.82) is 0 Å². The molecule has 9 nitrogen and oxygen atoms in total. The van der Waals surface area contributed by atoms with Crippen LogP contribution < -0.4 is 10.3 Å². The first-order chi connectivity index (χ1) is 16.8. The fourth-order valence-corrected chi connectivity index (χ4v) is 5.54. The maximum atomic E-state index is 12.9. The van der Waals surface area contributed by atoms with Crippen molar-refractivity contribution in [3.05, 3.63) is 45.2 Å². The molecule has 2 saturated heterocycles. The summed E-state index contributed by atoms with van der Waals surface area (Å²) in [4.78, 5) is 48.4. The number of carboxylic acids is 1. The number of aromatic carboxylic acids is 1. The molecule has 2 atom stereocenters. The number of ketones is 1. The number of fused-ring (bicyclic) bond motifs is 1. The van der Waals surface area contributed by atoms with E-state index < -0.39 is 11.4 Å². The predicted molar refractivity (Wildman–Crippen MR) is 133 cm³/mol. The second-order valence-corrected chi connectivity index (χ2v) is 10.5. The lowest BCUT2D eigenvalue weighted by molar-refractivity contribution is -0.124. The number of carboxylic acid groups (broad SMARTS) is 1. The van der Waals surface area contributed by atoms with Gasteiger partial charge in [0.25, 0.3) is 0 Å². The van der Waals surface area contributed by atoms with Crippen LogP contribution in [0, 0.1) is 18.8 Å². The minimum Gasteiger partial charge on any atom is -0.477 e. The standard InChI is InChI=1S/C25H28N4O5S/c1-14-5-7-34-17(9-14)3-4-19(30)16-11-28(12-16)20-10-15(2)21-22(31)18(24(32)33)13-29(23(21)27-20)25-26-6-8-35-25/h6,8,10,13-14,16-17H,3-5,7,9,11-12H2,1-2H3,(H,32,33). The lowest BCUT2D eigenvalue weighted by atomic mass is 9.89. The Kier molecular flexibility index (Phi) is 6.41. The average molecular weight is 497 g/mol. The highest BCUT2D eigenvalue weighted by molar-refractivity contribution is 7.12. The summed E-state index contributed by atoms with van der Waals surface area (Å²) in [6.45, 7) is 5.95. The number of thiazole rings is 1. The molecule has 3 aromatic rings. The SMILES string of the molecule is Cc1cc(N2CC(C(=O)CCC3CC(C)CCO3)C2)nc2c1c(=O)c(C(=O)O)cn2-c1nccs1. The highest BCUT2D eigenvalue weighted by Gasteiger charge is 2.34. The molecular weight excluding hydrogens is 468 g/mol. The molecule has 2 aliphatic rings. The van der Waals surface area contributed by atoms with E-state index in [1.165, 1.54) is 17.5 Å². The number of nitrogens with zero attached hydrogens (tertiary/aromatic N) is 4. The average Bonchev–Trinajstić information content (AvgIpc) is 3.31. The van der Waals surface area contributed by atoms with Crippen molar-refractivity contribution in [3.8, 4) is 5.13 Å². The fourth-order valence-electron chi connectivity index (χ4n) is 4.92. The zero-order valence-electron chi connectivity index (χ0n) is 19.8. The normalized spacial score (nSPS) is 20.7. The number of hydrogen-bond donors (Lipinski definition) is 1. The van der Waals surface area contributed by atoms with Crippen LogP contribution in [0.2, 0.25) is 0 Å². The lowest BCUT2D eigenvalue weighted by Gasteiger charge is -2.39. The second-order valence-electron chi connectivity index (χ2n) is 9.59. The van der Waals surface area contributed by atoms with E-state index in [1.807, 2.05) is 4.90 Å². The Morgan fingerprint density at radius 1 is 1.31 bits per heavy atom. The Balaban J connectivity index is 1.36. The number of ether oxygens (including phenoxy) is 1. The quantitative estimate of drug-likeness (QED) is 0.529. The Morgan fingerprint density at radius 2 is 2.11 bits per heavy atom. The lowest BCUT2D eigenvalue weighted by Crippen LogP contribution is -2.51. The van der Waals surface area contributed by atoms with E-state index in [-0.39, 0.29) is 28.8 Å². The third-order valence-corrected chi connectivity index (χ3v) is 7.77. The molecule has 3 aromatic heterocycles. The summed E-state index contributed by atoms with van der Waals surface area (Å²) < 4.78 is 7.37. The fraction of sp³-hybridized carbons (Fsp3) is 0.480. The van der Waals surface area contributed by atoms with Crippen molar-refractivity contribution in [3.63, 3.8) is 0 Å². The van der Waals surface area contributed by atoms with Crippen LogP contribution in [0.3, 0.4) is 0 Å². The zero-order chi connectivity index (χ0) is 24.7. The number of anilines is 1. The van der Waals surface area contributed by atoms with Gasteiger partial charge in [-0.05, 0) is 43.7 Å². The summed E-state index contributed by atoms with van der Waals surface area (Å²) in [7, 11) is 0. The Labute approximate surface area is 206 Å². The van der Waals surface area contributed by atoms with Gasteiger partial charge in [0.2, 0.25) is 5.43 Å². The molecule has 0 bridgehead atoms. The van der Waals surface area contributed by atoms with Gasteiger partial charge in [-0.2, -0.15) is 0 Å². The molecule has 5 heterocycles. The summed E-state index contributed by atoms with van der Waals surface area (Å²) in [5.74, 6) is 0.244. The molecule has 184 valence electrons. The van der Waals surface area contributed by atoms with E-state index in [0.29, 0.717) is 47.6 Å². The van der Waals surface area contributed by atoms with Crippen LogP contribution in [-0.4, -0.2) is 57.2 Å². The Morgan fingerprint density at radius 3 is 2.80 bits per heavy atom. The van der Waals surface area contributed by atoms with Crippen LogP contribution in [0.25, 0.3) is 16.2 Å². The molecular formula is C25H28N4O5S. The number of pyridine rings is 2.